The Labute approximate surface area is 139 Å². The third-order valence-corrected chi connectivity index (χ3v) is 3.20. The lowest BCUT2D eigenvalue weighted by Crippen LogP contribution is -2.45. The number of furan rings is 1. The van der Waals surface area contributed by atoms with Crippen LogP contribution in [0.4, 0.5) is 0 Å². The van der Waals surface area contributed by atoms with Crippen LogP contribution in [-0.2, 0) is 4.79 Å². The summed E-state index contributed by atoms with van der Waals surface area (Å²) in [5.74, 6) is 0.781. The van der Waals surface area contributed by atoms with Crippen molar-refractivity contribution in [2.24, 2.45) is 0 Å². The number of amides is 2. The number of hydrogen-bond acceptors (Lipinski definition) is 5. The molecule has 1 atom stereocenters. The SMILES string of the molecule is COc1cccc(OCCNC(=O)C(C)NC(=O)c2ccco2)c1. The van der Waals surface area contributed by atoms with Crippen LogP contribution in [0.2, 0.25) is 0 Å². The molecule has 1 heterocycles. The van der Waals surface area contributed by atoms with Gasteiger partial charge in [0.25, 0.3) is 5.91 Å². The Kier molecular flexibility index (Phi) is 6.24. The average molecular weight is 332 g/mol. The average Bonchev–Trinajstić information content (AvgIpc) is 3.13. The molecule has 2 N–H and O–H groups in total. The normalized spacial score (nSPS) is 11.4. The lowest BCUT2D eigenvalue weighted by Gasteiger charge is -2.14. The van der Waals surface area contributed by atoms with Gasteiger partial charge in [0.05, 0.1) is 19.9 Å². The minimum absolute atomic E-state index is 0.163. The molecular weight excluding hydrogens is 312 g/mol. The van der Waals surface area contributed by atoms with Crippen molar-refractivity contribution in [1.29, 1.82) is 0 Å². The van der Waals surface area contributed by atoms with Gasteiger partial charge in [-0.15, -0.1) is 0 Å². The van der Waals surface area contributed by atoms with Gasteiger partial charge in [0.1, 0.15) is 24.1 Å². The van der Waals surface area contributed by atoms with Crippen molar-refractivity contribution in [1.82, 2.24) is 10.6 Å². The van der Waals surface area contributed by atoms with Gasteiger partial charge in [0, 0.05) is 6.07 Å². The molecule has 7 heteroatoms. The summed E-state index contributed by atoms with van der Waals surface area (Å²) in [5, 5.41) is 5.25. The second-order valence-electron chi connectivity index (χ2n) is 4.99. The van der Waals surface area contributed by atoms with Gasteiger partial charge in [-0.2, -0.15) is 0 Å². The van der Waals surface area contributed by atoms with Gasteiger partial charge in [-0.05, 0) is 31.2 Å². The van der Waals surface area contributed by atoms with Crippen molar-refractivity contribution in [3.05, 3.63) is 48.4 Å². The van der Waals surface area contributed by atoms with E-state index in [1.807, 2.05) is 12.1 Å². The van der Waals surface area contributed by atoms with Crippen molar-refractivity contribution in [3.63, 3.8) is 0 Å². The number of carbonyl (C=O) groups excluding carboxylic acids is 2. The number of hydrogen-bond donors (Lipinski definition) is 2. The van der Waals surface area contributed by atoms with E-state index in [4.69, 9.17) is 13.9 Å². The van der Waals surface area contributed by atoms with Gasteiger partial charge in [-0.25, -0.2) is 0 Å². The number of ether oxygens (including phenoxy) is 2. The molecule has 24 heavy (non-hydrogen) atoms. The van der Waals surface area contributed by atoms with Crippen molar-refractivity contribution in [2.45, 2.75) is 13.0 Å². The standard InChI is InChI=1S/C17H20N2O5/c1-12(19-17(21)15-7-4-9-24-15)16(20)18-8-10-23-14-6-3-5-13(11-14)22-2/h3-7,9,11-12H,8,10H2,1-2H3,(H,18,20)(H,19,21). The molecule has 0 radical (unpaired) electrons. The number of nitrogens with one attached hydrogen (secondary N) is 2. The Balaban J connectivity index is 1.69. The molecule has 0 aliphatic heterocycles. The summed E-state index contributed by atoms with van der Waals surface area (Å²) in [6.45, 7) is 2.22. The molecule has 2 amide bonds. The lowest BCUT2D eigenvalue weighted by atomic mass is 10.3. The molecule has 0 fully saturated rings. The summed E-state index contributed by atoms with van der Waals surface area (Å²) in [6.07, 6.45) is 1.40. The minimum Gasteiger partial charge on any atom is -0.497 e. The number of benzene rings is 1. The molecule has 0 saturated carbocycles. The van der Waals surface area contributed by atoms with Crippen LogP contribution < -0.4 is 20.1 Å². The quantitative estimate of drug-likeness (QED) is 0.717. The van der Waals surface area contributed by atoms with Gasteiger partial charge < -0.3 is 24.5 Å². The van der Waals surface area contributed by atoms with Crippen LogP contribution in [0.25, 0.3) is 0 Å². The van der Waals surface area contributed by atoms with Crippen molar-refractivity contribution < 1.29 is 23.5 Å². The first kappa shape index (κ1) is 17.4. The molecule has 0 bridgehead atoms. The van der Waals surface area contributed by atoms with Crippen LogP contribution in [0.3, 0.4) is 0 Å². The smallest absolute Gasteiger partial charge is 0.287 e. The van der Waals surface area contributed by atoms with Crippen LogP contribution in [0.1, 0.15) is 17.5 Å². The third kappa shape index (κ3) is 5.05. The number of rotatable bonds is 8. The van der Waals surface area contributed by atoms with Crippen molar-refractivity contribution >= 4 is 11.8 Å². The fraction of sp³-hybridized carbons (Fsp3) is 0.294. The Hall–Kier alpha value is -2.96. The molecule has 0 saturated heterocycles. The highest BCUT2D eigenvalue weighted by Crippen LogP contribution is 2.18. The predicted octanol–water partition coefficient (Wildman–Crippen LogP) is 1.60. The third-order valence-electron chi connectivity index (χ3n) is 3.20. The van der Waals surface area contributed by atoms with E-state index in [0.717, 1.165) is 0 Å². The minimum atomic E-state index is -0.681. The first-order valence-corrected chi connectivity index (χ1v) is 7.49. The topological polar surface area (TPSA) is 89.8 Å². The van der Waals surface area contributed by atoms with E-state index in [0.29, 0.717) is 24.7 Å². The molecule has 2 aromatic rings. The monoisotopic (exact) mass is 332 g/mol. The lowest BCUT2D eigenvalue weighted by molar-refractivity contribution is -0.122. The largest absolute Gasteiger partial charge is 0.497 e. The van der Waals surface area contributed by atoms with Crippen molar-refractivity contribution in [3.8, 4) is 11.5 Å². The van der Waals surface area contributed by atoms with Gasteiger partial charge in [-0.1, -0.05) is 6.07 Å². The van der Waals surface area contributed by atoms with Crippen LogP contribution in [0.5, 0.6) is 11.5 Å². The summed E-state index contributed by atoms with van der Waals surface area (Å²) in [5.41, 5.74) is 0. The molecule has 2 rings (SSSR count). The fourth-order valence-corrected chi connectivity index (χ4v) is 1.93. The summed E-state index contributed by atoms with van der Waals surface area (Å²) < 4.78 is 15.6. The highest BCUT2D eigenvalue weighted by atomic mass is 16.5. The van der Waals surface area contributed by atoms with Gasteiger partial charge in [0.2, 0.25) is 5.91 Å². The summed E-state index contributed by atoms with van der Waals surface area (Å²) in [6, 6.07) is 9.65. The van der Waals surface area contributed by atoms with E-state index in [1.54, 1.807) is 32.2 Å². The van der Waals surface area contributed by atoms with Crippen LogP contribution in [-0.4, -0.2) is 38.1 Å². The zero-order chi connectivity index (χ0) is 17.4. The first-order chi connectivity index (χ1) is 11.6. The van der Waals surface area contributed by atoms with Crippen molar-refractivity contribution in [2.75, 3.05) is 20.3 Å². The molecule has 1 aromatic carbocycles. The molecular formula is C17H20N2O5. The summed E-state index contributed by atoms with van der Waals surface area (Å²) >= 11 is 0. The van der Waals surface area contributed by atoms with E-state index >= 15 is 0 Å². The molecule has 1 unspecified atom stereocenters. The Morgan fingerprint density at radius 2 is 2.00 bits per heavy atom. The van der Waals surface area contributed by atoms with Crippen LogP contribution >= 0.6 is 0 Å². The zero-order valence-corrected chi connectivity index (χ0v) is 13.6. The molecule has 0 spiro atoms. The Morgan fingerprint density at radius 3 is 2.71 bits per heavy atom. The molecule has 128 valence electrons. The Bertz CT molecular complexity index is 669. The zero-order valence-electron chi connectivity index (χ0n) is 13.6. The van der Waals surface area contributed by atoms with Crippen LogP contribution in [0.15, 0.2) is 47.1 Å². The molecule has 7 nitrogen and oxygen atoms in total. The van der Waals surface area contributed by atoms with E-state index < -0.39 is 11.9 Å². The fourth-order valence-electron chi connectivity index (χ4n) is 1.93. The Morgan fingerprint density at radius 1 is 1.21 bits per heavy atom. The van der Waals surface area contributed by atoms with Gasteiger partial charge in [0.15, 0.2) is 5.76 Å². The molecule has 1 aromatic heterocycles. The maximum Gasteiger partial charge on any atom is 0.287 e. The summed E-state index contributed by atoms with van der Waals surface area (Å²) in [7, 11) is 1.58. The highest BCUT2D eigenvalue weighted by Gasteiger charge is 2.17. The number of carbonyl (C=O) groups is 2. The maximum absolute atomic E-state index is 11.9. The molecule has 0 aliphatic carbocycles. The van der Waals surface area contributed by atoms with Crippen LogP contribution in [0, 0.1) is 0 Å². The number of methoxy groups -OCH3 is 1. The maximum atomic E-state index is 11.9. The van der Waals surface area contributed by atoms with Gasteiger partial charge >= 0.3 is 0 Å². The van der Waals surface area contributed by atoms with Gasteiger partial charge in [-0.3, -0.25) is 9.59 Å². The molecule has 0 aliphatic rings. The highest BCUT2D eigenvalue weighted by molar-refractivity contribution is 5.95. The summed E-state index contributed by atoms with van der Waals surface area (Å²) in [4.78, 5) is 23.7. The van der Waals surface area contributed by atoms with E-state index in [9.17, 15) is 9.59 Å². The first-order valence-electron chi connectivity index (χ1n) is 7.49. The van der Waals surface area contributed by atoms with E-state index in [2.05, 4.69) is 10.6 Å². The predicted molar refractivity (Wildman–Crippen MR) is 87.1 cm³/mol. The van der Waals surface area contributed by atoms with E-state index in [1.165, 1.54) is 12.3 Å². The second kappa shape index (κ2) is 8.61. The second-order valence-corrected chi connectivity index (χ2v) is 4.99. The van der Waals surface area contributed by atoms with E-state index in [-0.39, 0.29) is 11.7 Å².